The van der Waals surface area contributed by atoms with Gasteiger partial charge in [-0.15, -0.1) is 0 Å². The number of rotatable bonds is 1. The first-order chi connectivity index (χ1) is 12.8. The van der Waals surface area contributed by atoms with Crippen molar-refractivity contribution in [1.29, 1.82) is 0 Å². The fourth-order valence-electron chi connectivity index (χ4n) is 3.85. The molecule has 6 rings (SSSR count). The number of cyclic esters (lactones) is 1. The van der Waals surface area contributed by atoms with Crippen LogP contribution in [0.25, 0.3) is 11.0 Å². The summed E-state index contributed by atoms with van der Waals surface area (Å²) in [7, 11) is 0. The van der Waals surface area contributed by atoms with Gasteiger partial charge in [0.25, 0.3) is 0 Å². The van der Waals surface area contributed by atoms with Crippen LogP contribution < -0.4 is 14.8 Å². The van der Waals surface area contributed by atoms with Crippen LogP contribution in [-0.2, 0) is 9.53 Å². The van der Waals surface area contributed by atoms with Crippen molar-refractivity contribution in [2.24, 2.45) is 0 Å². The predicted octanol–water partition coefficient (Wildman–Crippen LogP) is 2.59. The highest BCUT2D eigenvalue weighted by atomic mass is 16.7. The molecule has 1 unspecified atom stereocenters. The molecule has 26 heavy (non-hydrogen) atoms. The van der Waals surface area contributed by atoms with Gasteiger partial charge in [0.1, 0.15) is 6.61 Å². The van der Waals surface area contributed by atoms with E-state index >= 15 is 0 Å². The van der Waals surface area contributed by atoms with E-state index in [4.69, 9.17) is 14.2 Å². The second-order valence-corrected chi connectivity index (χ2v) is 6.40. The molecule has 7 nitrogen and oxygen atoms in total. The SMILES string of the molecule is O=C1OCC2=C1C(c1ccc3c(c1)OCO3)n1c(nc3ccccc31)N2. The number of para-hydroxylation sites is 2. The number of anilines is 1. The number of benzene rings is 2. The highest BCUT2D eigenvalue weighted by Gasteiger charge is 2.40. The smallest absolute Gasteiger partial charge is 0.338 e. The number of hydrogen-bond acceptors (Lipinski definition) is 6. The van der Waals surface area contributed by atoms with Crippen LogP contribution in [-0.4, -0.2) is 28.9 Å². The van der Waals surface area contributed by atoms with E-state index in [1.54, 1.807) is 0 Å². The van der Waals surface area contributed by atoms with E-state index in [1.807, 2.05) is 47.0 Å². The summed E-state index contributed by atoms with van der Waals surface area (Å²) in [5, 5.41) is 3.26. The Balaban J connectivity index is 1.63. The molecule has 0 spiro atoms. The summed E-state index contributed by atoms with van der Waals surface area (Å²) in [6.07, 6.45) is 0. The van der Waals surface area contributed by atoms with Crippen LogP contribution in [0.1, 0.15) is 11.6 Å². The van der Waals surface area contributed by atoms with E-state index in [0.717, 1.165) is 22.3 Å². The van der Waals surface area contributed by atoms with Crippen molar-refractivity contribution in [2.45, 2.75) is 6.04 Å². The van der Waals surface area contributed by atoms with Crippen LogP contribution >= 0.6 is 0 Å². The summed E-state index contributed by atoms with van der Waals surface area (Å²) in [6, 6.07) is 13.3. The normalized spacial score (nSPS) is 20.0. The number of imidazole rings is 1. The summed E-state index contributed by atoms with van der Waals surface area (Å²) in [5.74, 6) is 1.78. The average molecular weight is 347 g/mol. The molecule has 1 N–H and O–H groups in total. The van der Waals surface area contributed by atoms with Crippen LogP contribution in [0, 0.1) is 0 Å². The Morgan fingerprint density at radius 1 is 1.08 bits per heavy atom. The molecule has 7 heteroatoms. The lowest BCUT2D eigenvalue weighted by atomic mass is 9.95. The second kappa shape index (κ2) is 4.78. The number of fused-ring (bicyclic) bond motifs is 4. The molecule has 4 heterocycles. The minimum absolute atomic E-state index is 0.209. The van der Waals surface area contributed by atoms with Gasteiger partial charge in [-0.05, 0) is 29.8 Å². The van der Waals surface area contributed by atoms with E-state index in [9.17, 15) is 4.79 Å². The van der Waals surface area contributed by atoms with Gasteiger partial charge in [0, 0.05) is 0 Å². The number of aromatic nitrogens is 2. The molecule has 3 aliphatic heterocycles. The molecule has 3 aliphatic rings. The summed E-state index contributed by atoms with van der Waals surface area (Å²) in [5.41, 5.74) is 4.12. The van der Waals surface area contributed by atoms with Crippen LogP contribution in [0.5, 0.6) is 11.5 Å². The van der Waals surface area contributed by atoms with Crippen LogP contribution in [0.15, 0.2) is 53.7 Å². The molecule has 0 saturated carbocycles. The molecule has 0 radical (unpaired) electrons. The number of carbonyl (C=O) groups is 1. The molecule has 0 bridgehead atoms. The van der Waals surface area contributed by atoms with E-state index in [-0.39, 0.29) is 25.4 Å². The van der Waals surface area contributed by atoms with Gasteiger partial charge in [0.05, 0.1) is 28.3 Å². The number of esters is 1. The molecule has 1 aromatic heterocycles. The van der Waals surface area contributed by atoms with E-state index < -0.39 is 0 Å². The second-order valence-electron chi connectivity index (χ2n) is 6.40. The van der Waals surface area contributed by atoms with Gasteiger partial charge in [-0.3, -0.25) is 4.57 Å². The maximum atomic E-state index is 12.5. The Morgan fingerprint density at radius 2 is 1.96 bits per heavy atom. The van der Waals surface area contributed by atoms with Crippen molar-refractivity contribution >= 4 is 23.0 Å². The fraction of sp³-hybridized carbons (Fsp3) is 0.158. The number of carbonyl (C=O) groups excluding carboxylic acids is 1. The summed E-state index contributed by atoms with van der Waals surface area (Å²) in [6.45, 7) is 0.443. The molecule has 3 aromatic rings. The van der Waals surface area contributed by atoms with Crippen molar-refractivity contribution in [1.82, 2.24) is 9.55 Å². The van der Waals surface area contributed by atoms with Gasteiger partial charge in [0.2, 0.25) is 12.7 Å². The highest BCUT2D eigenvalue weighted by molar-refractivity contribution is 5.96. The van der Waals surface area contributed by atoms with Crippen LogP contribution in [0.2, 0.25) is 0 Å². The van der Waals surface area contributed by atoms with Gasteiger partial charge < -0.3 is 19.5 Å². The molecule has 1 atom stereocenters. The van der Waals surface area contributed by atoms with Crippen molar-refractivity contribution in [3.05, 3.63) is 59.3 Å². The van der Waals surface area contributed by atoms with E-state index in [1.165, 1.54) is 0 Å². The van der Waals surface area contributed by atoms with Crippen molar-refractivity contribution in [3.63, 3.8) is 0 Å². The lowest BCUT2D eigenvalue weighted by molar-refractivity contribution is -0.136. The largest absolute Gasteiger partial charge is 0.456 e. The van der Waals surface area contributed by atoms with Gasteiger partial charge in [0.15, 0.2) is 11.5 Å². The topological polar surface area (TPSA) is 74.6 Å². The first-order valence-corrected chi connectivity index (χ1v) is 8.33. The van der Waals surface area contributed by atoms with E-state index in [2.05, 4.69) is 10.3 Å². The predicted molar refractivity (Wildman–Crippen MR) is 92.0 cm³/mol. The fourth-order valence-corrected chi connectivity index (χ4v) is 3.85. The third-order valence-corrected chi connectivity index (χ3v) is 5.00. The van der Waals surface area contributed by atoms with Crippen molar-refractivity contribution < 1.29 is 19.0 Å². The van der Waals surface area contributed by atoms with Gasteiger partial charge in [-0.2, -0.15) is 0 Å². The summed E-state index contributed by atoms with van der Waals surface area (Å²) >= 11 is 0. The van der Waals surface area contributed by atoms with Crippen LogP contribution in [0.4, 0.5) is 5.95 Å². The maximum Gasteiger partial charge on any atom is 0.338 e. The first-order valence-electron chi connectivity index (χ1n) is 8.33. The first kappa shape index (κ1) is 13.8. The highest BCUT2D eigenvalue weighted by Crippen LogP contribution is 2.44. The molecular formula is C19H13N3O4. The standard InChI is InChI=1S/C19H13N3O4/c23-18-16-12(8-24-18)21-19-20-11-3-1-2-4-13(11)22(19)17(16)10-5-6-14-15(7-10)26-9-25-14/h1-7,17H,8-9H2,(H,20,21). The van der Waals surface area contributed by atoms with Crippen LogP contribution in [0.3, 0.4) is 0 Å². The lowest BCUT2D eigenvalue weighted by Crippen LogP contribution is -2.25. The number of nitrogens with zero attached hydrogens (tertiary/aromatic N) is 2. The minimum Gasteiger partial charge on any atom is -0.456 e. The average Bonchev–Trinajstić information content (AvgIpc) is 3.36. The summed E-state index contributed by atoms with van der Waals surface area (Å²) < 4.78 is 18.3. The quantitative estimate of drug-likeness (QED) is 0.682. The molecule has 128 valence electrons. The molecule has 0 fully saturated rings. The molecule has 2 aromatic carbocycles. The van der Waals surface area contributed by atoms with Crippen molar-refractivity contribution in [3.8, 4) is 11.5 Å². The third kappa shape index (κ3) is 1.72. The Bertz CT molecular complexity index is 1130. The molecule has 0 amide bonds. The molecule has 0 aliphatic carbocycles. The molecule has 0 saturated heterocycles. The Morgan fingerprint density at radius 3 is 2.92 bits per heavy atom. The number of ether oxygens (including phenoxy) is 3. The summed E-state index contributed by atoms with van der Waals surface area (Å²) in [4.78, 5) is 17.2. The zero-order chi connectivity index (χ0) is 17.3. The van der Waals surface area contributed by atoms with Crippen molar-refractivity contribution in [2.75, 3.05) is 18.7 Å². The number of hydrogen-bond donors (Lipinski definition) is 1. The Labute approximate surface area is 147 Å². The minimum atomic E-state index is -0.335. The van der Waals surface area contributed by atoms with Gasteiger partial charge in [-0.25, -0.2) is 9.78 Å². The lowest BCUT2D eigenvalue weighted by Gasteiger charge is -2.27. The zero-order valence-electron chi connectivity index (χ0n) is 13.6. The van der Waals surface area contributed by atoms with Gasteiger partial charge in [-0.1, -0.05) is 18.2 Å². The van der Waals surface area contributed by atoms with Gasteiger partial charge >= 0.3 is 5.97 Å². The molecular weight excluding hydrogens is 334 g/mol. The monoisotopic (exact) mass is 347 g/mol. The van der Waals surface area contributed by atoms with E-state index in [0.29, 0.717) is 23.0 Å². The Hall–Kier alpha value is -3.48. The number of nitrogens with one attached hydrogen (secondary N) is 1. The maximum absolute atomic E-state index is 12.5. The third-order valence-electron chi connectivity index (χ3n) is 5.00. The zero-order valence-corrected chi connectivity index (χ0v) is 13.6. The Kier molecular flexibility index (Phi) is 2.53.